The van der Waals surface area contributed by atoms with Crippen molar-refractivity contribution in [2.45, 2.75) is 25.8 Å². The minimum atomic E-state index is 0.200. The smallest absolute Gasteiger partial charge is 0.127 e. The third-order valence-electron chi connectivity index (χ3n) is 3.87. The molecule has 0 fully saturated rings. The molecule has 0 aliphatic carbocycles. The molecule has 1 atom stereocenters. The van der Waals surface area contributed by atoms with E-state index in [0.29, 0.717) is 0 Å². The van der Waals surface area contributed by atoms with Crippen LogP contribution in [-0.2, 0) is 6.42 Å². The van der Waals surface area contributed by atoms with E-state index in [0.717, 1.165) is 31.7 Å². The van der Waals surface area contributed by atoms with Crippen molar-refractivity contribution in [2.75, 3.05) is 13.2 Å². The van der Waals surface area contributed by atoms with Crippen molar-refractivity contribution in [1.82, 2.24) is 5.32 Å². The van der Waals surface area contributed by atoms with Crippen LogP contribution in [0.5, 0.6) is 5.75 Å². The van der Waals surface area contributed by atoms with Crippen LogP contribution in [0.25, 0.3) is 0 Å². The zero-order valence-electron chi connectivity index (χ0n) is 12.2. The average Bonchev–Trinajstić information content (AvgIpc) is 2.98. The second-order valence-corrected chi connectivity index (χ2v) is 6.50. The fraction of sp³-hybridized carbons (Fsp3) is 0.333. The molecule has 0 amide bonds. The number of nitrogens with one attached hydrogen (secondary N) is 1. The van der Waals surface area contributed by atoms with Crippen molar-refractivity contribution < 1.29 is 4.74 Å². The van der Waals surface area contributed by atoms with Gasteiger partial charge in [-0.25, -0.2) is 0 Å². The fourth-order valence-electron chi connectivity index (χ4n) is 2.85. The molecule has 1 aliphatic heterocycles. The highest BCUT2D eigenvalue weighted by atomic mass is 127. The monoisotopic (exact) mass is 393 g/mol. The van der Waals surface area contributed by atoms with Crippen molar-refractivity contribution in [3.05, 3.63) is 62.7 Å². The van der Waals surface area contributed by atoms with E-state index in [4.69, 9.17) is 4.74 Å². The summed E-state index contributed by atoms with van der Waals surface area (Å²) in [6, 6.07) is 15.3. The summed E-state index contributed by atoms with van der Waals surface area (Å²) >= 11 is 2.42. The zero-order chi connectivity index (χ0) is 14.7. The van der Waals surface area contributed by atoms with Crippen LogP contribution in [0.3, 0.4) is 0 Å². The predicted octanol–water partition coefficient (Wildman–Crippen LogP) is 4.32. The van der Waals surface area contributed by atoms with E-state index in [9.17, 15) is 0 Å². The third-order valence-corrected chi connectivity index (χ3v) is 4.85. The van der Waals surface area contributed by atoms with Gasteiger partial charge in [-0.1, -0.05) is 43.3 Å². The number of halogens is 1. The highest BCUT2D eigenvalue weighted by Gasteiger charge is 2.24. The van der Waals surface area contributed by atoms with Crippen molar-refractivity contribution in [1.29, 1.82) is 0 Å². The summed E-state index contributed by atoms with van der Waals surface area (Å²) in [7, 11) is 0. The van der Waals surface area contributed by atoms with Gasteiger partial charge < -0.3 is 10.1 Å². The van der Waals surface area contributed by atoms with E-state index in [1.807, 2.05) is 0 Å². The van der Waals surface area contributed by atoms with Crippen LogP contribution in [0.15, 0.2) is 42.5 Å². The molecule has 0 saturated heterocycles. The van der Waals surface area contributed by atoms with Gasteiger partial charge in [-0.2, -0.15) is 0 Å². The normalized spacial score (nSPS) is 14.6. The second-order valence-electron chi connectivity index (χ2n) is 5.34. The molecule has 3 heteroatoms. The number of rotatable bonds is 5. The van der Waals surface area contributed by atoms with Crippen LogP contribution in [0, 0.1) is 3.57 Å². The lowest BCUT2D eigenvalue weighted by Gasteiger charge is -2.22. The molecule has 1 unspecified atom stereocenters. The van der Waals surface area contributed by atoms with E-state index in [2.05, 4.69) is 77.3 Å². The van der Waals surface area contributed by atoms with E-state index < -0.39 is 0 Å². The first-order valence-electron chi connectivity index (χ1n) is 7.53. The van der Waals surface area contributed by atoms with Crippen LogP contribution in [0.2, 0.25) is 0 Å². The minimum absolute atomic E-state index is 0.200. The van der Waals surface area contributed by atoms with Gasteiger partial charge in [0.05, 0.1) is 12.6 Å². The van der Waals surface area contributed by atoms with Gasteiger partial charge in [0.15, 0.2) is 0 Å². The van der Waals surface area contributed by atoms with Crippen LogP contribution >= 0.6 is 22.6 Å². The van der Waals surface area contributed by atoms with Gasteiger partial charge >= 0.3 is 0 Å². The molecule has 1 N–H and O–H groups in total. The molecule has 3 rings (SSSR count). The van der Waals surface area contributed by atoms with Gasteiger partial charge in [-0.15, -0.1) is 0 Å². The average molecular weight is 393 g/mol. The number of para-hydroxylation sites is 1. The maximum atomic E-state index is 5.91. The van der Waals surface area contributed by atoms with Gasteiger partial charge in [0.25, 0.3) is 0 Å². The molecule has 110 valence electrons. The first-order chi connectivity index (χ1) is 10.3. The van der Waals surface area contributed by atoms with E-state index >= 15 is 0 Å². The zero-order valence-corrected chi connectivity index (χ0v) is 14.4. The summed E-state index contributed by atoms with van der Waals surface area (Å²) in [6.45, 7) is 4.00. The summed E-state index contributed by atoms with van der Waals surface area (Å²) in [5.74, 6) is 1.09. The maximum absolute atomic E-state index is 5.91. The SMILES string of the molecule is CCCNC(c1ccccc1I)c1cccc2c1OCC2. The van der Waals surface area contributed by atoms with Crippen molar-refractivity contribution in [2.24, 2.45) is 0 Å². The highest BCUT2D eigenvalue weighted by Crippen LogP contribution is 2.37. The molecule has 21 heavy (non-hydrogen) atoms. The molecular formula is C18H20INO. The maximum Gasteiger partial charge on any atom is 0.127 e. The van der Waals surface area contributed by atoms with Gasteiger partial charge in [-0.3, -0.25) is 0 Å². The topological polar surface area (TPSA) is 21.3 Å². The molecular weight excluding hydrogens is 373 g/mol. The third kappa shape index (κ3) is 3.09. The van der Waals surface area contributed by atoms with Crippen molar-refractivity contribution >= 4 is 22.6 Å². The Kier molecular flexibility index (Phi) is 4.80. The summed E-state index contributed by atoms with van der Waals surface area (Å²) < 4.78 is 7.20. The lowest BCUT2D eigenvalue weighted by atomic mass is 9.95. The first kappa shape index (κ1) is 14.9. The van der Waals surface area contributed by atoms with Crippen LogP contribution in [0.1, 0.15) is 36.1 Å². The summed E-state index contributed by atoms with van der Waals surface area (Å²) in [5, 5.41) is 3.69. The molecule has 0 bridgehead atoms. The predicted molar refractivity (Wildman–Crippen MR) is 94.9 cm³/mol. The number of hydrogen-bond donors (Lipinski definition) is 1. The van der Waals surface area contributed by atoms with Crippen molar-refractivity contribution in [3.8, 4) is 5.75 Å². The molecule has 0 aromatic heterocycles. The van der Waals surface area contributed by atoms with Gasteiger partial charge in [-0.05, 0) is 52.7 Å². The molecule has 2 aromatic carbocycles. The van der Waals surface area contributed by atoms with Crippen LogP contribution < -0.4 is 10.1 Å². The summed E-state index contributed by atoms with van der Waals surface area (Å²) in [6.07, 6.45) is 2.14. The minimum Gasteiger partial charge on any atom is -0.493 e. The Morgan fingerprint density at radius 1 is 1.14 bits per heavy atom. The van der Waals surface area contributed by atoms with E-state index in [-0.39, 0.29) is 6.04 Å². The lowest BCUT2D eigenvalue weighted by molar-refractivity contribution is 0.350. The molecule has 0 saturated carbocycles. The second kappa shape index (κ2) is 6.79. The van der Waals surface area contributed by atoms with Crippen molar-refractivity contribution in [3.63, 3.8) is 0 Å². The first-order valence-corrected chi connectivity index (χ1v) is 8.61. The molecule has 1 heterocycles. The standard InChI is InChI=1S/C18H20INO/c1-2-11-20-17(14-7-3-4-9-16(14)19)15-8-5-6-13-10-12-21-18(13)15/h3-9,17,20H,2,10-12H2,1H3. The Hall–Kier alpha value is -1.07. The van der Waals surface area contributed by atoms with Gasteiger partial charge in [0.1, 0.15) is 5.75 Å². The Morgan fingerprint density at radius 2 is 1.95 bits per heavy atom. The summed E-state index contributed by atoms with van der Waals surface area (Å²) in [4.78, 5) is 0. The molecule has 2 nitrogen and oxygen atoms in total. The Morgan fingerprint density at radius 3 is 2.76 bits per heavy atom. The molecule has 2 aromatic rings. The molecule has 1 aliphatic rings. The van der Waals surface area contributed by atoms with Gasteiger partial charge in [0, 0.05) is 15.6 Å². The largest absolute Gasteiger partial charge is 0.493 e. The highest BCUT2D eigenvalue weighted by molar-refractivity contribution is 14.1. The van der Waals surface area contributed by atoms with Crippen LogP contribution in [-0.4, -0.2) is 13.2 Å². The summed E-state index contributed by atoms with van der Waals surface area (Å²) in [5.41, 5.74) is 3.93. The Bertz CT molecular complexity index is 626. The number of benzene rings is 2. The fourth-order valence-corrected chi connectivity index (χ4v) is 3.55. The Balaban J connectivity index is 2.04. The van der Waals surface area contributed by atoms with E-state index in [1.165, 1.54) is 20.3 Å². The number of ether oxygens (including phenoxy) is 1. The van der Waals surface area contributed by atoms with Gasteiger partial charge in [0.2, 0.25) is 0 Å². The Labute approximate surface area is 140 Å². The molecule has 0 spiro atoms. The van der Waals surface area contributed by atoms with Crippen LogP contribution in [0.4, 0.5) is 0 Å². The lowest BCUT2D eigenvalue weighted by Crippen LogP contribution is -2.24. The quantitative estimate of drug-likeness (QED) is 0.765. The molecule has 0 radical (unpaired) electrons. The van der Waals surface area contributed by atoms with E-state index in [1.54, 1.807) is 0 Å². The number of fused-ring (bicyclic) bond motifs is 1. The number of hydrogen-bond acceptors (Lipinski definition) is 2.